The first-order valence-corrected chi connectivity index (χ1v) is 8.17. The minimum Gasteiger partial charge on any atom is -0.360 e. The molecule has 22 heavy (non-hydrogen) atoms. The van der Waals surface area contributed by atoms with Crippen molar-refractivity contribution in [3.63, 3.8) is 0 Å². The van der Waals surface area contributed by atoms with Crippen LogP contribution in [0.5, 0.6) is 0 Å². The van der Waals surface area contributed by atoms with Crippen LogP contribution in [0.2, 0.25) is 0 Å². The fourth-order valence-electron chi connectivity index (χ4n) is 2.10. The normalized spacial score (nSPS) is 11.8. The molecule has 2 aromatic rings. The summed E-state index contributed by atoms with van der Waals surface area (Å²) < 4.78 is 24.8. The Hall–Kier alpha value is -2.58. The number of aryl methyl sites for hydroxylation is 2. The molecule has 0 amide bonds. The third-order valence-corrected chi connectivity index (χ3v) is 4.73. The third-order valence-electron chi connectivity index (χ3n) is 3.04. The lowest BCUT2D eigenvalue weighted by Gasteiger charge is -2.06. The molecule has 0 aliphatic heterocycles. The fourth-order valence-corrected chi connectivity index (χ4v) is 3.21. The Morgan fingerprint density at radius 2 is 1.68 bits per heavy atom. The largest absolute Gasteiger partial charge is 0.360 e. The minimum absolute atomic E-state index is 0.102. The summed E-state index contributed by atoms with van der Waals surface area (Å²) in [5.74, 6) is 0. The van der Waals surface area contributed by atoms with Crippen molar-refractivity contribution in [1.29, 1.82) is 5.26 Å². The Kier molecular flexibility index (Phi) is 4.64. The molecule has 0 heterocycles. The summed E-state index contributed by atoms with van der Waals surface area (Å²) in [4.78, 5) is -0.220. The molecule has 5 heteroatoms. The van der Waals surface area contributed by atoms with Crippen LogP contribution in [-0.2, 0) is 9.84 Å². The monoisotopic (exact) mass is 312 g/mol. The van der Waals surface area contributed by atoms with E-state index in [1.165, 1.54) is 18.3 Å². The average Bonchev–Trinajstić information content (AvgIpc) is 2.47. The number of nitrogens with one attached hydrogen (secondary N) is 1. The first kappa shape index (κ1) is 15.8. The minimum atomic E-state index is -3.80. The zero-order valence-electron chi connectivity index (χ0n) is 12.4. The highest BCUT2D eigenvalue weighted by Crippen LogP contribution is 2.19. The van der Waals surface area contributed by atoms with Crippen LogP contribution in [0.15, 0.2) is 64.5 Å². The molecule has 0 atom stereocenters. The van der Waals surface area contributed by atoms with Crippen molar-refractivity contribution in [2.75, 3.05) is 5.32 Å². The summed E-state index contributed by atoms with van der Waals surface area (Å²) in [6.45, 7) is 3.90. The van der Waals surface area contributed by atoms with Gasteiger partial charge in [0.05, 0.1) is 4.90 Å². The quantitative estimate of drug-likeness (QED) is 0.876. The second-order valence-electron chi connectivity index (χ2n) is 4.96. The van der Waals surface area contributed by atoms with Crippen molar-refractivity contribution in [2.45, 2.75) is 18.7 Å². The molecule has 0 unspecified atom stereocenters. The number of anilines is 1. The lowest BCUT2D eigenvalue weighted by Crippen LogP contribution is -2.05. The van der Waals surface area contributed by atoms with Gasteiger partial charge in [-0.3, -0.25) is 0 Å². The van der Waals surface area contributed by atoms with Gasteiger partial charge in [-0.1, -0.05) is 24.3 Å². The molecule has 0 spiro atoms. The molecule has 112 valence electrons. The van der Waals surface area contributed by atoms with Gasteiger partial charge in [0.2, 0.25) is 9.84 Å². The molecular formula is C17H16N2O2S. The zero-order chi connectivity index (χ0) is 16.2. The SMILES string of the molecule is Cc1cc(C)cc(NC=C(C#N)S(=O)(=O)c2ccccc2)c1. The van der Waals surface area contributed by atoms with E-state index in [0.29, 0.717) is 0 Å². The molecule has 1 N–H and O–H groups in total. The molecule has 2 aromatic carbocycles. The van der Waals surface area contributed by atoms with Crippen LogP contribution in [0.3, 0.4) is 0 Å². The number of allylic oxidation sites excluding steroid dienone is 1. The summed E-state index contributed by atoms with van der Waals surface area (Å²) in [7, 11) is -3.80. The van der Waals surface area contributed by atoms with Gasteiger partial charge in [0.15, 0.2) is 4.91 Å². The predicted octanol–water partition coefficient (Wildman–Crippen LogP) is 3.55. The van der Waals surface area contributed by atoms with E-state index in [0.717, 1.165) is 16.8 Å². The zero-order valence-corrected chi connectivity index (χ0v) is 13.2. The van der Waals surface area contributed by atoms with Gasteiger partial charge in [-0.05, 0) is 49.2 Å². The van der Waals surface area contributed by atoms with Crippen molar-refractivity contribution in [3.8, 4) is 6.07 Å². The van der Waals surface area contributed by atoms with E-state index in [2.05, 4.69) is 5.32 Å². The van der Waals surface area contributed by atoms with Gasteiger partial charge in [-0.2, -0.15) is 5.26 Å². The average molecular weight is 312 g/mol. The number of rotatable bonds is 4. The van der Waals surface area contributed by atoms with Gasteiger partial charge in [-0.25, -0.2) is 8.42 Å². The summed E-state index contributed by atoms with van der Waals surface area (Å²) in [6, 6.07) is 15.4. The van der Waals surface area contributed by atoms with Crippen molar-refractivity contribution < 1.29 is 8.42 Å². The predicted molar refractivity (Wildman–Crippen MR) is 86.9 cm³/mol. The summed E-state index contributed by atoms with van der Waals surface area (Å²) in [5.41, 5.74) is 2.86. The molecule has 0 saturated heterocycles. The van der Waals surface area contributed by atoms with Gasteiger partial charge < -0.3 is 5.32 Å². The van der Waals surface area contributed by atoms with Gasteiger partial charge in [-0.15, -0.1) is 0 Å². The number of hydrogen-bond donors (Lipinski definition) is 1. The first-order valence-electron chi connectivity index (χ1n) is 6.69. The van der Waals surface area contributed by atoms with Crippen LogP contribution in [-0.4, -0.2) is 8.42 Å². The van der Waals surface area contributed by atoms with Crippen LogP contribution in [0.1, 0.15) is 11.1 Å². The highest BCUT2D eigenvalue weighted by Gasteiger charge is 2.20. The molecule has 4 nitrogen and oxygen atoms in total. The molecular weight excluding hydrogens is 296 g/mol. The highest BCUT2D eigenvalue weighted by molar-refractivity contribution is 7.95. The standard InChI is InChI=1S/C17H16N2O2S/c1-13-8-14(2)10-15(9-13)19-12-17(11-18)22(20,21)16-6-4-3-5-7-16/h3-10,12,19H,1-2H3. The maximum atomic E-state index is 12.4. The molecule has 2 rings (SSSR count). The highest BCUT2D eigenvalue weighted by atomic mass is 32.2. The van der Waals surface area contributed by atoms with Crippen molar-refractivity contribution in [1.82, 2.24) is 0 Å². The van der Waals surface area contributed by atoms with Crippen LogP contribution in [0.25, 0.3) is 0 Å². The van der Waals surface area contributed by atoms with E-state index in [1.807, 2.05) is 32.0 Å². The topological polar surface area (TPSA) is 70.0 Å². The Labute approximate surface area is 130 Å². The number of hydrogen-bond acceptors (Lipinski definition) is 4. The van der Waals surface area contributed by atoms with Gasteiger partial charge >= 0.3 is 0 Å². The molecule has 0 saturated carbocycles. The van der Waals surface area contributed by atoms with E-state index in [4.69, 9.17) is 0 Å². The van der Waals surface area contributed by atoms with Gasteiger partial charge in [0.25, 0.3) is 0 Å². The van der Waals surface area contributed by atoms with Gasteiger partial charge in [0.1, 0.15) is 6.07 Å². The number of nitriles is 1. The van der Waals surface area contributed by atoms with Gasteiger partial charge in [0, 0.05) is 11.9 Å². The van der Waals surface area contributed by atoms with Crippen molar-refractivity contribution >= 4 is 15.5 Å². The molecule has 0 aliphatic carbocycles. The Morgan fingerprint density at radius 1 is 1.09 bits per heavy atom. The number of benzene rings is 2. The molecule has 0 bridgehead atoms. The second-order valence-corrected chi connectivity index (χ2v) is 6.88. The summed E-state index contributed by atoms with van der Waals surface area (Å²) in [5, 5.41) is 12.1. The van der Waals surface area contributed by atoms with Crippen molar-refractivity contribution in [2.24, 2.45) is 0 Å². The summed E-state index contributed by atoms with van der Waals surface area (Å²) >= 11 is 0. The fraction of sp³-hybridized carbons (Fsp3) is 0.118. The second kappa shape index (κ2) is 6.46. The summed E-state index contributed by atoms with van der Waals surface area (Å²) in [6.07, 6.45) is 1.23. The van der Waals surface area contributed by atoms with E-state index in [9.17, 15) is 13.7 Å². The smallest absolute Gasteiger partial charge is 0.218 e. The van der Waals surface area contributed by atoms with Crippen LogP contribution < -0.4 is 5.32 Å². The Balaban J connectivity index is 2.34. The lowest BCUT2D eigenvalue weighted by atomic mass is 10.1. The molecule has 0 radical (unpaired) electrons. The maximum Gasteiger partial charge on any atom is 0.218 e. The lowest BCUT2D eigenvalue weighted by molar-refractivity contribution is 0.603. The molecule has 0 aliphatic rings. The molecule has 0 fully saturated rings. The van der Waals surface area contributed by atoms with Crippen molar-refractivity contribution in [3.05, 3.63) is 70.8 Å². The molecule has 0 aromatic heterocycles. The number of sulfone groups is 1. The van der Waals surface area contributed by atoms with Crippen LogP contribution in [0.4, 0.5) is 5.69 Å². The Morgan fingerprint density at radius 3 is 2.23 bits per heavy atom. The van der Waals surface area contributed by atoms with E-state index >= 15 is 0 Å². The van der Waals surface area contributed by atoms with Crippen LogP contribution >= 0.6 is 0 Å². The van der Waals surface area contributed by atoms with E-state index in [1.54, 1.807) is 24.3 Å². The third kappa shape index (κ3) is 3.54. The van der Waals surface area contributed by atoms with E-state index < -0.39 is 9.84 Å². The van der Waals surface area contributed by atoms with Crippen LogP contribution in [0, 0.1) is 25.2 Å². The maximum absolute atomic E-state index is 12.4. The number of nitrogens with zero attached hydrogens (tertiary/aromatic N) is 1. The first-order chi connectivity index (χ1) is 10.4. The van der Waals surface area contributed by atoms with E-state index in [-0.39, 0.29) is 9.80 Å². The Bertz CT molecular complexity index is 828.